The minimum atomic E-state index is -1.07. The van der Waals surface area contributed by atoms with Crippen LogP contribution < -0.4 is 10.3 Å². The summed E-state index contributed by atoms with van der Waals surface area (Å²) in [5.74, 6) is -1.24. The third kappa shape index (κ3) is 8.26. The lowest BCUT2D eigenvalue weighted by Crippen LogP contribution is -2.82. The monoisotopic (exact) mass is 615 g/mol. The molecular formula is C28H31N4O8S2+. The van der Waals surface area contributed by atoms with Crippen molar-refractivity contribution in [2.24, 2.45) is 0 Å². The number of benzene rings is 2. The summed E-state index contributed by atoms with van der Waals surface area (Å²) in [5.41, 5.74) is 2.29. The summed E-state index contributed by atoms with van der Waals surface area (Å²) >= 11 is 0. The molecule has 2 aromatic rings. The predicted octanol–water partition coefficient (Wildman–Crippen LogP) is 1.80. The van der Waals surface area contributed by atoms with E-state index in [9.17, 15) is 29.1 Å². The van der Waals surface area contributed by atoms with Crippen LogP contribution in [0.2, 0.25) is 0 Å². The van der Waals surface area contributed by atoms with E-state index in [0.717, 1.165) is 5.56 Å². The third-order valence-electron chi connectivity index (χ3n) is 6.61. The van der Waals surface area contributed by atoms with Gasteiger partial charge in [-0.25, -0.2) is 9.59 Å². The summed E-state index contributed by atoms with van der Waals surface area (Å²) in [7, 11) is 2.86. The fraction of sp³-hybridized carbons (Fsp3) is 0.357. The van der Waals surface area contributed by atoms with E-state index in [1.165, 1.54) is 31.4 Å². The van der Waals surface area contributed by atoms with Gasteiger partial charge in [-0.2, -0.15) is 0 Å². The Labute approximate surface area is 249 Å². The zero-order chi connectivity index (χ0) is 30.1. The Morgan fingerprint density at radius 3 is 2.57 bits per heavy atom. The molecule has 2 heterocycles. The van der Waals surface area contributed by atoms with Crippen LogP contribution in [0.15, 0.2) is 48.5 Å². The van der Waals surface area contributed by atoms with Crippen molar-refractivity contribution in [2.75, 3.05) is 30.0 Å². The predicted molar refractivity (Wildman–Crippen MR) is 157 cm³/mol. The number of hydrogen-bond acceptors (Lipinski definition) is 8. The number of aliphatic hydroxyl groups is 1. The van der Waals surface area contributed by atoms with Crippen molar-refractivity contribution in [2.45, 2.75) is 38.4 Å². The van der Waals surface area contributed by atoms with E-state index in [1.807, 2.05) is 30.3 Å². The fourth-order valence-corrected chi connectivity index (χ4v) is 6.44. The van der Waals surface area contributed by atoms with E-state index in [2.05, 4.69) is 10.3 Å². The number of carboxylic acid groups (broad SMARTS) is 1. The van der Waals surface area contributed by atoms with Crippen LogP contribution in [0.4, 0.5) is 10.5 Å². The molecule has 0 bridgehead atoms. The maximum Gasteiger partial charge on any atom is 0.411 e. The summed E-state index contributed by atoms with van der Waals surface area (Å²) in [6.07, 6.45) is -0.00691. The van der Waals surface area contributed by atoms with Gasteiger partial charge in [0.2, 0.25) is 5.91 Å². The lowest BCUT2D eigenvalue weighted by Gasteiger charge is -2.24. The number of hydrogen-bond donors (Lipinski definition) is 4. The maximum atomic E-state index is 13.0. The molecule has 2 aliphatic rings. The summed E-state index contributed by atoms with van der Waals surface area (Å²) < 4.78 is 5.27. The van der Waals surface area contributed by atoms with Gasteiger partial charge in [0.05, 0.1) is 6.42 Å². The van der Waals surface area contributed by atoms with E-state index in [1.54, 1.807) is 18.2 Å². The second-order valence-corrected chi connectivity index (χ2v) is 12.2. The van der Waals surface area contributed by atoms with Gasteiger partial charge in [-0.15, -0.1) is 4.99 Å². The number of rotatable bonds is 13. The van der Waals surface area contributed by atoms with Crippen molar-refractivity contribution in [3.8, 4) is 0 Å². The van der Waals surface area contributed by atoms with Gasteiger partial charge in [-0.1, -0.05) is 58.0 Å². The molecule has 222 valence electrons. The molecule has 14 heteroatoms. The Morgan fingerprint density at radius 2 is 1.83 bits per heavy atom. The number of carboxylic acids is 1. The van der Waals surface area contributed by atoms with E-state index >= 15 is 0 Å². The number of anilines is 1. The highest BCUT2D eigenvalue weighted by atomic mass is 33.1. The minimum Gasteiger partial charge on any atom is -0.480 e. The number of fused-ring (bicyclic) bond motifs is 1. The van der Waals surface area contributed by atoms with Crippen molar-refractivity contribution in [1.29, 1.82) is 0 Å². The van der Waals surface area contributed by atoms with Gasteiger partial charge in [0.15, 0.2) is 6.04 Å². The molecular weight excluding hydrogens is 584 g/mol. The molecule has 1 atom stereocenters. The second kappa shape index (κ2) is 14.7. The molecule has 0 aliphatic carbocycles. The number of carbonyl (C=O) groups excluding carboxylic acids is 4. The van der Waals surface area contributed by atoms with Gasteiger partial charge in [0, 0.05) is 47.8 Å². The van der Waals surface area contributed by atoms with Crippen molar-refractivity contribution >= 4 is 63.0 Å². The van der Waals surface area contributed by atoms with Crippen LogP contribution >= 0.6 is 21.6 Å². The van der Waals surface area contributed by atoms with Crippen LogP contribution in [-0.4, -0.2) is 86.4 Å². The molecule has 1 unspecified atom stereocenters. The molecule has 0 saturated carbocycles. The fourth-order valence-electron chi connectivity index (χ4n) is 4.64. The van der Waals surface area contributed by atoms with Gasteiger partial charge in [0.1, 0.15) is 13.2 Å². The molecule has 2 aromatic carbocycles. The van der Waals surface area contributed by atoms with Crippen LogP contribution in [0.1, 0.15) is 40.7 Å². The first kappa shape index (κ1) is 30.9. The van der Waals surface area contributed by atoms with Crippen LogP contribution in [-0.2, 0) is 32.2 Å². The molecule has 4 rings (SSSR count). The molecule has 12 nitrogen and oxygen atoms in total. The van der Waals surface area contributed by atoms with Gasteiger partial charge in [-0.3, -0.25) is 19.7 Å². The molecule has 0 fully saturated rings. The Balaban J connectivity index is 1.17. The lowest BCUT2D eigenvalue weighted by atomic mass is 10.1. The molecule has 42 heavy (non-hydrogen) atoms. The first-order valence-electron chi connectivity index (χ1n) is 13.2. The highest BCUT2D eigenvalue weighted by Gasteiger charge is 2.41. The first-order valence-corrected chi connectivity index (χ1v) is 15.7. The number of amides is 4. The Morgan fingerprint density at radius 1 is 1.07 bits per heavy atom. The van der Waals surface area contributed by atoms with Gasteiger partial charge in [-0.05, 0) is 24.1 Å². The number of ether oxygens (including phenoxy) is 1. The molecule has 0 saturated heterocycles. The summed E-state index contributed by atoms with van der Waals surface area (Å²) in [5, 5.41) is 22.0. The highest BCUT2D eigenvalue weighted by molar-refractivity contribution is 8.76. The highest BCUT2D eigenvalue weighted by Crippen LogP contribution is 2.32. The van der Waals surface area contributed by atoms with E-state index < -0.39 is 18.1 Å². The first-order chi connectivity index (χ1) is 20.2. The number of aliphatic carboxylic acids is 1. The number of carbonyl (C=O) groups is 5. The van der Waals surface area contributed by atoms with Crippen LogP contribution in [0.3, 0.4) is 0 Å². The third-order valence-corrected chi connectivity index (χ3v) is 8.98. The summed E-state index contributed by atoms with van der Waals surface area (Å²) in [6.45, 7) is 0.130. The lowest BCUT2D eigenvalue weighted by molar-refractivity contribution is -0.394. The van der Waals surface area contributed by atoms with Crippen molar-refractivity contribution in [3.63, 3.8) is 0 Å². The zero-order valence-corrected chi connectivity index (χ0v) is 24.2. The molecule has 4 amide bonds. The Bertz CT molecular complexity index is 1370. The molecule has 0 aromatic heterocycles. The van der Waals surface area contributed by atoms with Crippen LogP contribution in [0, 0.1) is 0 Å². The Hall–Kier alpha value is -4.04. The number of aliphatic hydroxyl groups excluding tert-OH is 1. The van der Waals surface area contributed by atoms with Crippen molar-refractivity contribution in [1.82, 2.24) is 9.80 Å². The number of nitrogens with one attached hydrogen (secondary N) is 2. The number of nitrogens with zero attached hydrogens (tertiary/aromatic N) is 2. The van der Waals surface area contributed by atoms with Crippen LogP contribution in [0.25, 0.3) is 0 Å². The van der Waals surface area contributed by atoms with E-state index in [4.69, 9.17) is 9.84 Å². The largest absolute Gasteiger partial charge is 0.480 e. The topological polar surface area (TPSA) is 168 Å². The maximum absolute atomic E-state index is 13.0. The zero-order valence-electron chi connectivity index (χ0n) is 22.6. The summed E-state index contributed by atoms with van der Waals surface area (Å²) in [6, 6.07) is 13.5. The smallest absolute Gasteiger partial charge is 0.411 e. The average Bonchev–Trinajstić information content (AvgIpc) is 3.29. The van der Waals surface area contributed by atoms with E-state index in [0.29, 0.717) is 34.7 Å². The molecule has 0 radical (unpaired) electrons. The van der Waals surface area contributed by atoms with E-state index in [-0.39, 0.29) is 62.7 Å². The Kier molecular flexibility index (Phi) is 10.8. The second-order valence-electron chi connectivity index (χ2n) is 9.54. The standard InChI is InChI=1S/C28H30N4O8S2/c33-23-10-9-22(26(37)30-23)32-16-20-19(27(32)38)7-4-8-21(20)29-28(39)40-12-14-42-41-13-11-24(34)31(17-25(35)36)15-18-5-2-1-3-6-18/h1-8,22H,9-17H2,(H,29,39)(H,35,36)(H,30,33,37)/p+1. The van der Waals surface area contributed by atoms with Gasteiger partial charge >= 0.3 is 23.9 Å². The molecule has 0 spiro atoms. The molecule has 4 N–H and O–H groups in total. The summed E-state index contributed by atoms with van der Waals surface area (Å²) in [4.78, 5) is 65.8. The van der Waals surface area contributed by atoms with Gasteiger partial charge < -0.3 is 24.7 Å². The quantitative estimate of drug-likeness (QED) is 0.193. The van der Waals surface area contributed by atoms with Gasteiger partial charge in [0.25, 0.3) is 5.91 Å². The normalized spacial score (nSPS) is 16.0. The minimum absolute atomic E-state index is 0.112. The average molecular weight is 616 g/mol. The van der Waals surface area contributed by atoms with Crippen molar-refractivity contribution in [3.05, 3.63) is 65.2 Å². The van der Waals surface area contributed by atoms with Crippen LogP contribution in [0.5, 0.6) is 0 Å². The molecule has 2 aliphatic heterocycles. The SMILES string of the molecule is O=C(O)CN(Cc1ccccc1)C(=O)CCSSCCOC(=O)Nc1cccc2c1CN(C1CCC(=O)[NH+]=C1O)C2=O. The van der Waals surface area contributed by atoms with Crippen molar-refractivity contribution < 1.29 is 43.9 Å².